The number of aryl methyl sites for hydroxylation is 1. The molecule has 0 bridgehead atoms. The molecule has 0 aliphatic carbocycles. The summed E-state index contributed by atoms with van der Waals surface area (Å²) in [5.41, 5.74) is 0.727. The Hall–Kier alpha value is -1.34. The summed E-state index contributed by atoms with van der Waals surface area (Å²) in [6.07, 6.45) is 1.27. The number of rotatable bonds is 3. The molecule has 0 saturated carbocycles. The number of hydrogen-bond acceptors (Lipinski definition) is 6. The minimum atomic E-state index is -0.637. The van der Waals surface area contributed by atoms with Gasteiger partial charge in [-0.1, -0.05) is 25.3 Å². The molecular weight excluding hydrogens is 250 g/mol. The molecule has 0 aliphatic rings. The molecule has 2 aromatic heterocycles. The van der Waals surface area contributed by atoms with Crippen molar-refractivity contribution >= 4 is 11.5 Å². The van der Waals surface area contributed by atoms with E-state index in [2.05, 4.69) is 40.4 Å². The van der Waals surface area contributed by atoms with Crippen molar-refractivity contribution in [2.24, 2.45) is 7.05 Å². The van der Waals surface area contributed by atoms with Crippen LogP contribution in [0.1, 0.15) is 43.3 Å². The first-order valence-corrected chi connectivity index (χ1v) is 6.50. The number of hydrogen-bond donors (Lipinski definition) is 1. The second kappa shape index (κ2) is 4.74. The highest BCUT2D eigenvalue weighted by Gasteiger charge is 2.27. The maximum absolute atomic E-state index is 10.3. The number of aromatic nitrogens is 5. The second-order valence-electron chi connectivity index (χ2n) is 5.26. The monoisotopic (exact) mass is 267 g/mol. The van der Waals surface area contributed by atoms with Gasteiger partial charge in [0.2, 0.25) is 0 Å². The predicted molar refractivity (Wildman–Crippen MR) is 68.3 cm³/mol. The third kappa shape index (κ3) is 2.56. The van der Waals surface area contributed by atoms with Crippen molar-refractivity contribution in [3.63, 3.8) is 0 Å². The zero-order valence-corrected chi connectivity index (χ0v) is 11.8. The lowest BCUT2D eigenvalue weighted by atomic mass is 9.90. The van der Waals surface area contributed by atoms with E-state index in [1.807, 2.05) is 7.05 Å². The number of aliphatic hydroxyl groups is 1. The van der Waals surface area contributed by atoms with Crippen LogP contribution in [0.2, 0.25) is 0 Å². The lowest BCUT2D eigenvalue weighted by molar-refractivity contribution is 0.175. The highest BCUT2D eigenvalue weighted by atomic mass is 32.1. The van der Waals surface area contributed by atoms with E-state index in [0.29, 0.717) is 6.42 Å². The summed E-state index contributed by atoms with van der Waals surface area (Å²) in [7, 11) is 1.81. The second-order valence-corrected chi connectivity index (χ2v) is 6.04. The summed E-state index contributed by atoms with van der Waals surface area (Å²) in [5.74, 6) is 0.746. The van der Waals surface area contributed by atoms with E-state index < -0.39 is 6.10 Å². The zero-order chi connectivity index (χ0) is 13.3. The third-order valence-electron chi connectivity index (χ3n) is 2.71. The van der Waals surface area contributed by atoms with Gasteiger partial charge in [-0.05, 0) is 11.5 Å². The van der Waals surface area contributed by atoms with Gasteiger partial charge in [0.25, 0.3) is 0 Å². The van der Waals surface area contributed by atoms with Crippen molar-refractivity contribution in [3.05, 3.63) is 22.7 Å². The fourth-order valence-electron chi connectivity index (χ4n) is 1.71. The summed E-state index contributed by atoms with van der Waals surface area (Å²) >= 11 is 1.24. The minimum Gasteiger partial charge on any atom is -0.387 e. The third-order valence-corrected chi connectivity index (χ3v) is 3.53. The van der Waals surface area contributed by atoms with Crippen LogP contribution < -0.4 is 0 Å². The molecule has 1 N–H and O–H groups in total. The smallest absolute Gasteiger partial charge is 0.138 e. The molecule has 0 radical (unpaired) electrons. The molecule has 0 aromatic carbocycles. The first-order chi connectivity index (χ1) is 8.39. The van der Waals surface area contributed by atoms with Gasteiger partial charge in [0.1, 0.15) is 12.2 Å². The van der Waals surface area contributed by atoms with Gasteiger partial charge < -0.3 is 5.11 Å². The summed E-state index contributed by atoms with van der Waals surface area (Å²) < 4.78 is 5.61. The summed E-state index contributed by atoms with van der Waals surface area (Å²) in [6.45, 7) is 6.17. The van der Waals surface area contributed by atoms with Gasteiger partial charge in [-0.25, -0.2) is 4.98 Å². The molecule has 6 nitrogen and oxygen atoms in total. The molecular formula is C11H17N5OS. The van der Waals surface area contributed by atoms with Crippen molar-refractivity contribution in [3.8, 4) is 0 Å². The maximum Gasteiger partial charge on any atom is 0.138 e. The van der Waals surface area contributed by atoms with E-state index in [1.54, 1.807) is 4.68 Å². The Morgan fingerprint density at radius 2 is 2.17 bits per heavy atom. The largest absolute Gasteiger partial charge is 0.387 e. The van der Waals surface area contributed by atoms with Gasteiger partial charge in [0.15, 0.2) is 0 Å². The number of nitrogens with zero attached hydrogens (tertiary/aromatic N) is 5. The summed E-state index contributed by atoms with van der Waals surface area (Å²) in [6, 6.07) is 0. The molecule has 1 atom stereocenters. The first kappa shape index (κ1) is 13.1. The van der Waals surface area contributed by atoms with Gasteiger partial charge in [-0.3, -0.25) is 4.68 Å². The number of aliphatic hydroxyl groups excluding tert-OH is 1. The summed E-state index contributed by atoms with van der Waals surface area (Å²) in [4.78, 5) is 4.92. The molecule has 0 aliphatic heterocycles. The van der Waals surface area contributed by atoms with E-state index >= 15 is 0 Å². The molecule has 2 rings (SSSR count). The van der Waals surface area contributed by atoms with Crippen LogP contribution in [-0.4, -0.2) is 29.5 Å². The van der Waals surface area contributed by atoms with Gasteiger partial charge >= 0.3 is 0 Å². The van der Waals surface area contributed by atoms with E-state index in [9.17, 15) is 5.11 Å². The zero-order valence-electron chi connectivity index (χ0n) is 11.0. The van der Waals surface area contributed by atoms with Crippen LogP contribution in [0, 0.1) is 0 Å². The molecule has 0 fully saturated rings. The van der Waals surface area contributed by atoms with Gasteiger partial charge in [0.05, 0.1) is 16.7 Å². The average Bonchev–Trinajstić information content (AvgIpc) is 2.86. The van der Waals surface area contributed by atoms with Crippen molar-refractivity contribution in [1.29, 1.82) is 0 Å². The van der Waals surface area contributed by atoms with Crippen LogP contribution in [0.25, 0.3) is 0 Å². The Labute approximate surface area is 110 Å². The molecule has 0 spiro atoms. The van der Waals surface area contributed by atoms with Gasteiger partial charge in [0, 0.05) is 18.9 Å². The van der Waals surface area contributed by atoms with Crippen molar-refractivity contribution in [1.82, 2.24) is 24.4 Å². The average molecular weight is 267 g/mol. The lowest BCUT2D eigenvalue weighted by Crippen LogP contribution is -2.17. The molecule has 2 heterocycles. The lowest BCUT2D eigenvalue weighted by Gasteiger charge is -2.18. The van der Waals surface area contributed by atoms with Crippen molar-refractivity contribution in [2.45, 2.75) is 38.7 Å². The van der Waals surface area contributed by atoms with Crippen molar-refractivity contribution in [2.75, 3.05) is 0 Å². The fraction of sp³-hybridized carbons (Fsp3) is 0.636. The Morgan fingerprint density at radius 3 is 2.72 bits per heavy atom. The van der Waals surface area contributed by atoms with Crippen LogP contribution in [0.5, 0.6) is 0 Å². The molecule has 0 amide bonds. The molecule has 0 saturated heterocycles. The van der Waals surface area contributed by atoms with Crippen LogP contribution in [0.3, 0.4) is 0 Å². The Kier molecular flexibility index (Phi) is 3.45. The molecule has 2 aromatic rings. The topological polar surface area (TPSA) is 76.7 Å². The normalized spacial score (nSPS) is 13.8. The molecule has 7 heteroatoms. The SMILES string of the molecule is Cn1ncnc1CC(O)c1snnc1C(C)(C)C. The van der Waals surface area contributed by atoms with E-state index in [4.69, 9.17) is 0 Å². The first-order valence-electron chi connectivity index (χ1n) is 5.73. The Morgan fingerprint density at radius 1 is 1.44 bits per heavy atom. The standard InChI is InChI=1S/C11H17N5OS/c1-11(2,3)10-9(18-15-14-10)7(17)5-8-12-6-13-16(8)4/h6-7,17H,5H2,1-4H3. The van der Waals surface area contributed by atoms with E-state index in [0.717, 1.165) is 16.4 Å². The summed E-state index contributed by atoms with van der Waals surface area (Å²) in [5, 5.41) is 18.4. The van der Waals surface area contributed by atoms with Crippen LogP contribution in [0.4, 0.5) is 0 Å². The fourth-order valence-corrected chi connectivity index (χ4v) is 2.56. The molecule has 98 valence electrons. The van der Waals surface area contributed by atoms with Crippen molar-refractivity contribution < 1.29 is 5.11 Å². The quantitative estimate of drug-likeness (QED) is 0.905. The van der Waals surface area contributed by atoms with Gasteiger partial charge in [-0.2, -0.15) is 5.10 Å². The molecule has 18 heavy (non-hydrogen) atoms. The highest BCUT2D eigenvalue weighted by Crippen LogP contribution is 2.31. The van der Waals surface area contributed by atoms with Crippen LogP contribution >= 0.6 is 11.5 Å². The predicted octanol–water partition coefficient (Wildman–Crippen LogP) is 1.24. The van der Waals surface area contributed by atoms with Crippen LogP contribution in [-0.2, 0) is 18.9 Å². The van der Waals surface area contributed by atoms with E-state index in [-0.39, 0.29) is 5.41 Å². The molecule has 1 unspecified atom stereocenters. The minimum absolute atomic E-state index is 0.122. The van der Waals surface area contributed by atoms with E-state index in [1.165, 1.54) is 17.9 Å². The Balaban J connectivity index is 2.22. The maximum atomic E-state index is 10.3. The Bertz CT molecular complexity index is 528. The van der Waals surface area contributed by atoms with Crippen LogP contribution in [0.15, 0.2) is 6.33 Å². The highest BCUT2D eigenvalue weighted by molar-refractivity contribution is 7.05. The van der Waals surface area contributed by atoms with Gasteiger partial charge in [-0.15, -0.1) is 5.10 Å².